The van der Waals surface area contributed by atoms with Crippen LogP contribution in [-0.4, -0.2) is 25.9 Å². The van der Waals surface area contributed by atoms with E-state index >= 15 is 0 Å². The highest BCUT2D eigenvalue weighted by atomic mass is 32.2. The van der Waals surface area contributed by atoms with Gasteiger partial charge >= 0.3 is 0 Å². The van der Waals surface area contributed by atoms with E-state index in [2.05, 4.69) is 0 Å². The van der Waals surface area contributed by atoms with Crippen molar-refractivity contribution < 1.29 is 25.9 Å². The van der Waals surface area contributed by atoms with Crippen molar-refractivity contribution in [2.75, 3.05) is 0 Å². The Morgan fingerprint density at radius 2 is 1.00 bits per heavy atom. The van der Waals surface area contributed by atoms with Crippen LogP contribution in [0.25, 0.3) is 0 Å². The van der Waals surface area contributed by atoms with Crippen LogP contribution < -0.4 is 0 Å². The van der Waals surface area contributed by atoms with Crippen molar-refractivity contribution in [2.45, 2.75) is 13.8 Å². The van der Waals surface area contributed by atoms with E-state index in [0.717, 1.165) is 0 Å². The van der Waals surface area contributed by atoms with Crippen molar-refractivity contribution >= 4 is 20.2 Å². The Bertz CT molecular complexity index is 346. The fraction of sp³-hybridized carbons (Fsp3) is 0.333. The summed E-state index contributed by atoms with van der Waals surface area (Å²) in [6.45, 7) is 3.02. The van der Waals surface area contributed by atoms with Crippen molar-refractivity contribution in [3.8, 4) is 0 Å². The van der Waals surface area contributed by atoms with Gasteiger partial charge in [0, 0.05) is 0 Å². The molecule has 6 nitrogen and oxygen atoms in total. The van der Waals surface area contributed by atoms with Crippen LogP contribution in [0.15, 0.2) is 23.0 Å². The van der Waals surface area contributed by atoms with Gasteiger partial charge in [0.15, 0.2) is 0 Å². The van der Waals surface area contributed by atoms with Gasteiger partial charge in [-0.1, -0.05) is 12.2 Å². The predicted octanol–water partition coefficient (Wildman–Crippen LogP) is 0.816. The maximum absolute atomic E-state index is 9.70. The fourth-order valence-corrected chi connectivity index (χ4v) is 1.03. The Labute approximate surface area is 83.4 Å². The molecule has 0 spiro atoms. The van der Waals surface area contributed by atoms with E-state index < -0.39 is 20.2 Å². The van der Waals surface area contributed by atoms with Crippen molar-refractivity contribution in [1.29, 1.82) is 0 Å². The monoisotopic (exact) mass is 244 g/mol. The summed E-state index contributed by atoms with van der Waals surface area (Å²) in [6, 6.07) is 0. The molecule has 0 heterocycles. The summed E-state index contributed by atoms with van der Waals surface area (Å²) in [6.07, 6.45) is 2.49. The predicted molar refractivity (Wildman–Crippen MR) is 52.7 cm³/mol. The molecule has 0 radical (unpaired) electrons. The Morgan fingerprint density at radius 1 is 0.786 bits per heavy atom. The summed E-state index contributed by atoms with van der Waals surface area (Å²) < 4.78 is 54.6. The van der Waals surface area contributed by atoms with Crippen LogP contribution in [0.2, 0.25) is 0 Å². The second kappa shape index (κ2) is 6.71. The van der Waals surface area contributed by atoms with E-state index in [1.807, 2.05) is 0 Å². The second-order valence-electron chi connectivity index (χ2n) is 1.97. The molecule has 84 valence electrons. The van der Waals surface area contributed by atoms with Gasteiger partial charge in [-0.25, -0.2) is 0 Å². The Morgan fingerprint density at radius 3 is 1.00 bits per heavy atom. The highest BCUT2D eigenvalue weighted by Crippen LogP contribution is 1.81. The summed E-state index contributed by atoms with van der Waals surface area (Å²) >= 11 is 0. The molecule has 0 rings (SSSR count). The van der Waals surface area contributed by atoms with Crippen molar-refractivity contribution in [3.63, 3.8) is 0 Å². The van der Waals surface area contributed by atoms with E-state index in [1.54, 1.807) is 0 Å². The van der Waals surface area contributed by atoms with Crippen LogP contribution in [0.4, 0.5) is 0 Å². The molecule has 0 unspecified atom stereocenters. The molecule has 0 aliphatic rings. The number of allylic oxidation sites excluding steroid dienone is 2. The quantitative estimate of drug-likeness (QED) is 0.696. The molecule has 14 heavy (non-hydrogen) atoms. The maximum Gasteiger partial charge on any atom is 0.287 e. The highest BCUT2D eigenvalue weighted by molar-refractivity contribution is 7.89. The molecular weight excluding hydrogens is 232 g/mol. The van der Waals surface area contributed by atoms with Gasteiger partial charge in [0.2, 0.25) is 0 Å². The molecule has 0 aliphatic heterocycles. The molecule has 0 atom stereocenters. The van der Waals surface area contributed by atoms with Gasteiger partial charge in [0.05, 0.1) is 10.8 Å². The van der Waals surface area contributed by atoms with Crippen molar-refractivity contribution in [3.05, 3.63) is 23.0 Å². The second-order valence-corrected chi connectivity index (χ2v) is 4.57. The lowest BCUT2D eigenvalue weighted by Gasteiger charge is -1.76. The van der Waals surface area contributed by atoms with Crippen LogP contribution in [0.3, 0.4) is 0 Å². The lowest BCUT2D eigenvalue weighted by Crippen LogP contribution is -1.87. The lowest BCUT2D eigenvalue weighted by atomic mass is 10.8. The molecule has 0 saturated carbocycles. The molecule has 0 fully saturated rings. The average molecular weight is 244 g/mol. The first-order chi connectivity index (χ1) is 6.12. The number of hydrogen-bond donors (Lipinski definition) is 2. The zero-order valence-corrected chi connectivity index (χ0v) is 9.29. The van der Waals surface area contributed by atoms with E-state index in [4.69, 9.17) is 9.11 Å². The standard InChI is InChI=1S/2C3H6O3S/c2*1-2-3-7(4,5)6/h2*2-3H,1H3,(H,4,5,6). The van der Waals surface area contributed by atoms with Gasteiger partial charge in [-0.05, 0) is 13.8 Å². The summed E-state index contributed by atoms with van der Waals surface area (Å²) in [4.78, 5) is 0. The zero-order valence-electron chi connectivity index (χ0n) is 7.65. The van der Waals surface area contributed by atoms with Crippen LogP contribution in [-0.2, 0) is 20.2 Å². The largest absolute Gasteiger partial charge is 0.287 e. The van der Waals surface area contributed by atoms with Crippen molar-refractivity contribution in [2.24, 2.45) is 0 Å². The van der Waals surface area contributed by atoms with Gasteiger partial charge in [0.1, 0.15) is 0 Å². The first kappa shape index (κ1) is 15.8. The summed E-state index contributed by atoms with van der Waals surface area (Å²) in [5, 5.41) is 1.43. The third-order valence-electron chi connectivity index (χ3n) is 0.616. The first-order valence-corrected chi connectivity index (χ1v) is 6.33. The van der Waals surface area contributed by atoms with E-state index in [-0.39, 0.29) is 0 Å². The van der Waals surface area contributed by atoms with E-state index in [1.165, 1.54) is 26.0 Å². The van der Waals surface area contributed by atoms with Gasteiger partial charge in [-0.15, -0.1) is 0 Å². The lowest BCUT2D eigenvalue weighted by molar-refractivity contribution is 0.492. The molecule has 8 heteroatoms. The molecule has 0 aliphatic carbocycles. The molecule has 0 saturated heterocycles. The van der Waals surface area contributed by atoms with E-state index in [0.29, 0.717) is 10.8 Å². The minimum Gasteiger partial charge on any atom is -0.282 e. The van der Waals surface area contributed by atoms with Gasteiger partial charge in [-0.2, -0.15) is 16.8 Å². The molecule has 0 aromatic rings. The Hall–Kier alpha value is -0.700. The number of rotatable bonds is 2. The topological polar surface area (TPSA) is 109 Å². The maximum atomic E-state index is 9.70. The van der Waals surface area contributed by atoms with Gasteiger partial charge in [0.25, 0.3) is 20.2 Å². The average Bonchev–Trinajstić information content (AvgIpc) is 1.81. The normalized spacial score (nSPS) is 12.9. The van der Waals surface area contributed by atoms with Crippen LogP contribution >= 0.6 is 0 Å². The highest BCUT2D eigenvalue weighted by Gasteiger charge is 1.90. The SMILES string of the molecule is CC=CS(=O)(=O)O.CC=CS(=O)(=O)O. The minimum atomic E-state index is -3.85. The van der Waals surface area contributed by atoms with Gasteiger partial charge in [-0.3, -0.25) is 9.11 Å². The zero-order chi connectivity index (χ0) is 11.8. The summed E-state index contributed by atoms with van der Waals surface area (Å²) in [7, 11) is -7.71. The molecule has 0 aromatic carbocycles. The molecule has 0 amide bonds. The molecule has 2 N–H and O–H groups in total. The minimum absolute atomic E-state index is 0.715. The van der Waals surface area contributed by atoms with Crippen molar-refractivity contribution in [1.82, 2.24) is 0 Å². The van der Waals surface area contributed by atoms with E-state index in [9.17, 15) is 16.8 Å². The fourth-order valence-electron chi connectivity index (χ4n) is 0.344. The van der Waals surface area contributed by atoms with Crippen LogP contribution in [0.5, 0.6) is 0 Å². The van der Waals surface area contributed by atoms with Crippen LogP contribution in [0, 0.1) is 0 Å². The number of hydrogen-bond acceptors (Lipinski definition) is 4. The molecule has 0 aromatic heterocycles. The third-order valence-corrected chi connectivity index (χ3v) is 1.85. The first-order valence-electron chi connectivity index (χ1n) is 3.32. The smallest absolute Gasteiger partial charge is 0.282 e. The van der Waals surface area contributed by atoms with Gasteiger partial charge < -0.3 is 0 Å². The Balaban J connectivity index is 0. The third kappa shape index (κ3) is 22.5. The summed E-state index contributed by atoms with van der Waals surface area (Å²) in [5.74, 6) is 0. The Kier molecular flexibility index (Phi) is 7.55. The molecule has 0 bridgehead atoms. The molecular formula is C6H12O6S2. The summed E-state index contributed by atoms with van der Waals surface area (Å²) in [5.41, 5.74) is 0. The van der Waals surface area contributed by atoms with Crippen LogP contribution in [0.1, 0.15) is 13.8 Å².